The average molecular weight is 252 g/mol. The van der Waals surface area contributed by atoms with E-state index in [-0.39, 0.29) is 0 Å². The van der Waals surface area contributed by atoms with E-state index in [1.807, 2.05) is 49.5 Å². The van der Waals surface area contributed by atoms with E-state index in [9.17, 15) is 4.79 Å². The van der Waals surface area contributed by atoms with Crippen LogP contribution in [0.25, 0.3) is 0 Å². The first-order valence-corrected chi connectivity index (χ1v) is 5.86. The van der Waals surface area contributed by atoms with Crippen LogP contribution < -0.4 is 4.90 Å². The van der Waals surface area contributed by atoms with Crippen LogP contribution in [0.15, 0.2) is 58.8 Å². The molecule has 1 radical (unpaired) electrons. The first kappa shape index (κ1) is 13.0. The van der Waals surface area contributed by atoms with Crippen molar-refractivity contribution in [2.75, 3.05) is 19.0 Å². The monoisotopic (exact) mass is 252 g/mol. The lowest BCUT2D eigenvalue weighted by molar-refractivity contribution is 0.563. The Morgan fingerprint density at radius 3 is 1.74 bits per heavy atom. The first-order valence-electron chi connectivity index (χ1n) is 5.86. The van der Waals surface area contributed by atoms with Crippen LogP contribution >= 0.6 is 0 Å². The summed E-state index contributed by atoms with van der Waals surface area (Å²) >= 11 is 0. The van der Waals surface area contributed by atoms with Gasteiger partial charge in [0.15, 0.2) is 0 Å². The zero-order valence-electron chi connectivity index (χ0n) is 10.9. The standard InChI is InChI=1S/C15H14N3O/c1-18(2)15-9-7-14(8-10-15)17-16-13-5-3-12(11-19)4-6-13/h3-10H,1-2H3/b17-16+. The summed E-state index contributed by atoms with van der Waals surface area (Å²) in [6, 6.07) is 14.6. The molecule has 0 fully saturated rings. The van der Waals surface area contributed by atoms with Crippen LogP contribution in [0.4, 0.5) is 17.1 Å². The number of rotatable bonds is 4. The number of hydrogen-bond donors (Lipinski definition) is 0. The Hall–Kier alpha value is -2.49. The summed E-state index contributed by atoms with van der Waals surface area (Å²) in [5, 5.41) is 8.25. The predicted octanol–water partition coefficient (Wildman–Crippen LogP) is 3.63. The van der Waals surface area contributed by atoms with Gasteiger partial charge >= 0.3 is 0 Å². The fourth-order valence-electron chi connectivity index (χ4n) is 1.53. The molecule has 4 heteroatoms. The van der Waals surface area contributed by atoms with Crippen molar-refractivity contribution < 1.29 is 4.79 Å². The van der Waals surface area contributed by atoms with Crippen molar-refractivity contribution in [2.45, 2.75) is 0 Å². The second-order valence-electron chi connectivity index (χ2n) is 4.26. The van der Waals surface area contributed by atoms with Gasteiger partial charge in [-0.1, -0.05) is 0 Å². The number of hydrogen-bond acceptors (Lipinski definition) is 4. The second-order valence-corrected chi connectivity index (χ2v) is 4.26. The third-order valence-corrected chi connectivity index (χ3v) is 2.63. The topological polar surface area (TPSA) is 45.0 Å². The molecule has 0 saturated heterocycles. The van der Waals surface area contributed by atoms with Crippen LogP contribution in [-0.2, 0) is 4.79 Å². The van der Waals surface area contributed by atoms with Crippen LogP contribution in [0.5, 0.6) is 0 Å². The smallest absolute Gasteiger partial charge is 0.233 e. The molecule has 2 aromatic rings. The number of azo groups is 1. The minimum Gasteiger partial charge on any atom is -0.378 e. The quantitative estimate of drug-likeness (QED) is 0.780. The molecule has 0 unspecified atom stereocenters. The van der Waals surface area contributed by atoms with E-state index >= 15 is 0 Å². The van der Waals surface area contributed by atoms with Crippen LogP contribution in [0, 0.1) is 0 Å². The van der Waals surface area contributed by atoms with Crippen molar-refractivity contribution in [2.24, 2.45) is 10.2 Å². The molecule has 0 aromatic heterocycles. The lowest BCUT2D eigenvalue weighted by Crippen LogP contribution is -2.07. The summed E-state index contributed by atoms with van der Waals surface area (Å²) in [7, 11) is 3.98. The minimum atomic E-state index is 0.509. The summed E-state index contributed by atoms with van der Waals surface area (Å²) in [5.74, 6) is 0. The molecule has 0 aliphatic carbocycles. The van der Waals surface area contributed by atoms with E-state index in [1.165, 1.54) is 0 Å². The molecular formula is C15H14N3O. The summed E-state index contributed by atoms with van der Waals surface area (Å²) < 4.78 is 0. The Kier molecular flexibility index (Phi) is 4.03. The van der Waals surface area contributed by atoms with Gasteiger partial charge in [-0.15, -0.1) is 0 Å². The van der Waals surface area contributed by atoms with Crippen LogP contribution in [0.3, 0.4) is 0 Å². The van der Waals surface area contributed by atoms with Gasteiger partial charge in [-0.3, -0.25) is 4.79 Å². The fraction of sp³-hybridized carbons (Fsp3) is 0.133. The van der Waals surface area contributed by atoms with Gasteiger partial charge in [0.2, 0.25) is 6.29 Å². The van der Waals surface area contributed by atoms with E-state index < -0.39 is 0 Å². The summed E-state index contributed by atoms with van der Waals surface area (Å²) in [4.78, 5) is 12.4. The average Bonchev–Trinajstić information content (AvgIpc) is 2.46. The van der Waals surface area contributed by atoms with Gasteiger partial charge in [0.25, 0.3) is 0 Å². The largest absolute Gasteiger partial charge is 0.378 e. The molecule has 0 N–H and O–H groups in total. The van der Waals surface area contributed by atoms with Crippen LogP contribution in [0.2, 0.25) is 0 Å². The Morgan fingerprint density at radius 2 is 1.32 bits per heavy atom. The fourth-order valence-corrected chi connectivity index (χ4v) is 1.53. The molecule has 0 heterocycles. The molecule has 95 valence electrons. The van der Waals surface area contributed by atoms with E-state index in [4.69, 9.17) is 0 Å². The highest BCUT2D eigenvalue weighted by atomic mass is 16.1. The maximum absolute atomic E-state index is 10.4. The normalized spacial score (nSPS) is 10.6. The van der Waals surface area contributed by atoms with Crippen LogP contribution in [-0.4, -0.2) is 20.4 Å². The van der Waals surface area contributed by atoms with Crippen molar-refractivity contribution in [3.63, 3.8) is 0 Å². The van der Waals surface area contributed by atoms with Gasteiger partial charge < -0.3 is 4.90 Å². The van der Waals surface area contributed by atoms with Gasteiger partial charge in [0.05, 0.1) is 11.4 Å². The maximum Gasteiger partial charge on any atom is 0.233 e. The molecule has 2 aromatic carbocycles. The number of anilines is 1. The van der Waals surface area contributed by atoms with Crippen molar-refractivity contribution in [1.29, 1.82) is 0 Å². The summed E-state index contributed by atoms with van der Waals surface area (Å²) in [6.07, 6.45) is 1.82. The van der Waals surface area contributed by atoms with Gasteiger partial charge in [-0.25, -0.2) is 0 Å². The lowest BCUT2D eigenvalue weighted by atomic mass is 10.2. The SMILES string of the molecule is CN(C)c1ccc(/N=N/c2ccc([C]=O)cc2)cc1. The number of nitrogens with zero attached hydrogens (tertiary/aromatic N) is 3. The molecule has 0 atom stereocenters. The van der Waals surface area contributed by atoms with Crippen molar-refractivity contribution >= 4 is 23.3 Å². The Balaban J connectivity index is 2.10. The van der Waals surface area contributed by atoms with Crippen molar-refractivity contribution in [3.05, 3.63) is 54.1 Å². The highest BCUT2D eigenvalue weighted by Crippen LogP contribution is 2.21. The Bertz CT molecular complexity index is 571. The zero-order chi connectivity index (χ0) is 13.7. The molecule has 0 amide bonds. The van der Waals surface area contributed by atoms with Gasteiger partial charge in [-0.2, -0.15) is 10.2 Å². The summed E-state index contributed by atoms with van der Waals surface area (Å²) in [6.45, 7) is 0. The first-order chi connectivity index (χ1) is 9.19. The molecule has 0 spiro atoms. The van der Waals surface area contributed by atoms with E-state index in [0.717, 1.165) is 11.4 Å². The van der Waals surface area contributed by atoms with Crippen molar-refractivity contribution in [1.82, 2.24) is 0 Å². The van der Waals surface area contributed by atoms with Crippen LogP contribution in [0.1, 0.15) is 5.56 Å². The lowest BCUT2D eigenvalue weighted by Gasteiger charge is -2.11. The third kappa shape index (κ3) is 3.48. The Morgan fingerprint density at radius 1 is 0.842 bits per heavy atom. The molecule has 0 bridgehead atoms. The molecular weight excluding hydrogens is 238 g/mol. The van der Waals surface area contributed by atoms with E-state index in [1.54, 1.807) is 24.3 Å². The molecule has 0 aliphatic rings. The van der Waals surface area contributed by atoms with Gasteiger partial charge in [-0.05, 0) is 48.5 Å². The maximum atomic E-state index is 10.4. The van der Waals surface area contributed by atoms with Crippen molar-refractivity contribution in [3.8, 4) is 0 Å². The highest BCUT2D eigenvalue weighted by Gasteiger charge is 1.95. The molecule has 19 heavy (non-hydrogen) atoms. The molecule has 0 saturated carbocycles. The van der Waals surface area contributed by atoms with E-state index in [2.05, 4.69) is 10.2 Å². The van der Waals surface area contributed by atoms with Gasteiger partial charge in [0, 0.05) is 25.3 Å². The van der Waals surface area contributed by atoms with E-state index in [0.29, 0.717) is 11.3 Å². The summed E-state index contributed by atoms with van der Waals surface area (Å²) in [5.41, 5.74) is 3.12. The third-order valence-electron chi connectivity index (χ3n) is 2.63. The second kappa shape index (κ2) is 5.91. The number of benzene rings is 2. The molecule has 2 rings (SSSR count). The minimum absolute atomic E-state index is 0.509. The zero-order valence-corrected chi connectivity index (χ0v) is 10.9. The number of carbonyl (C=O) groups excluding carboxylic acids is 1. The molecule has 4 nitrogen and oxygen atoms in total. The molecule has 0 aliphatic heterocycles. The Labute approximate surface area is 112 Å². The highest BCUT2D eigenvalue weighted by molar-refractivity contribution is 5.75. The predicted molar refractivity (Wildman–Crippen MR) is 76.2 cm³/mol. The van der Waals surface area contributed by atoms with Gasteiger partial charge in [0.1, 0.15) is 0 Å².